The maximum absolute atomic E-state index is 11.2. The van der Waals surface area contributed by atoms with Gasteiger partial charge >= 0.3 is 0 Å². The first-order valence-electron chi connectivity index (χ1n) is 6.24. The Kier molecular flexibility index (Phi) is 6.44. The van der Waals surface area contributed by atoms with Crippen LogP contribution in [0.3, 0.4) is 0 Å². The van der Waals surface area contributed by atoms with Crippen LogP contribution >= 0.6 is 24.0 Å². The molecule has 0 fully saturated rings. The van der Waals surface area contributed by atoms with Crippen molar-refractivity contribution in [2.75, 3.05) is 23.7 Å². The van der Waals surface area contributed by atoms with Gasteiger partial charge in [-0.3, -0.25) is 9.59 Å². The number of primary amides is 2. The van der Waals surface area contributed by atoms with Crippen molar-refractivity contribution < 1.29 is 9.59 Å². The third-order valence-electron chi connectivity index (χ3n) is 2.58. The molecule has 0 aliphatic rings. The molecule has 0 saturated heterocycles. The van der Waals surface area contributed by atoms with Crippen molar-refractivity contribution in [2.45, 2.75) is 11.8 Å². The maximum atomic E-state index is 11.2. The normalized spacial score (nSPS) is 10.1. The number of anilines is 1. The summed E-state index contributed by atoms with van der Waals surface area (Å²) in [7, 11) is 0. The zero-order valence-corrected chi connectivity index (χ0v) is 13.3. The lowest BCUT2D eigenvalue weighted by Crippen LogP contribution is -2.40. The average Bonchev–Trinajstić information content (AvgIpc) is 2.36. The van der Waals surface area contributed by atoms with E-state index in [1.165, 1.54) is 4.90 Å². The van der Waals surface area contributed by atoms with Crippen LogP contribution in [0.25, 0.3) is 0 Å². The summed E-state index contributed by atoms with van der Waals surface area (Å²) in [6.07, 6.45) is 0. The minimum atomic E-state index is -0.571. The summed E-state index contributed by atoms with van der Waals surface area (Å²) in [6, 6.07) is 5.43. The number of nitrogens with zero attached hydrogens (tertiary/aromatic N) is 1. The van der Waals surface area contributed by atoms with E-state index < -0.39 is 11.8 Å². The van der Waals surface area contributed by atoms with Gasteiger partial charge in [0.25, 0.3) is 0 Å². The quantitative estimate of drug-likeness (QED) is 0.464. The third kappa shape index (κ3) is 4.91. The number of thiocarbonyl (C=S) groups is 1. The summed E-state index contributed by atoms with van der Waals surface area (Å²) in [4.78, 5) is 25.0. The Morgan fingerprint density at radius 1 is 1.19 bits per heavy atom. The van der Waals surface area contributed by atoms with E-state index >= 15 is 0 Å². The Bertz CT molecular complexity index is 547. The fourth-order valence-corrected chi connectivity index (χ4v) is 3.03. The molecule has 0 aliphatic heterocycles. The van der Waals surface area contributed by atoms with Gasteiger partial charge in [0.05, 0.1) is 13.1 Å². The number of carbonyl (C=O) groups is 2. The van der Waals surface area contributed by atoms with E-state index in [4.69, 9.17) is 29.4 Å². The molecule has 0 aromatic heterocycles. The highest BCUT2D eigenvalue weighted by atomic mass is 32.2. The number of hydrogen-bond donors (Lipinski definition) is 3. The molecule has 0 saturated carbocycles. The number of thioether (sulfide) groups is 1. The zero-order chi connectivity index (χ0) is 16.0. The van der Waals surface area contributed by atoms with Gasteiger partial charge in [0.15, 0.2) is 0 Å². The summed E-state index contributed by atoms with van der Waals surface area (Å²) in [6.45, 7) is 1.73. The van der Waals surface area contributed by atoms with Gasteiger partial charge in [0, 0.05) is 16.1 Å². The van der Waals surface area contributed by atoms with E-state index in [2.05, 4.69) is 0 Å². The van der Waals surface area contributed by atoms with Crippen LogP contribution in [0.2, 0.25) is 0 Å². The Morgan fingerprint density at radius 3 is 2.19 bits per heavy atom. The summed E-state index contributed by atoms with van der Waals surface area (Å²) < 4.78 is 0. The molecule has 0 spiro atoms. The molecule has 1 rings (SSSR count). The molecular formula is C13H18N4O2S2. The van der Waals surface area contributed by atoms with E-state index in [1.807, 2.05) is 19.1 Å². The van der Waals surface area contributed by atoms with Crippen LogP contribution in [0, 0.1) is 0 Å². The van der Waals surface area contributed by atoms with Gasteiger partial charge in [0.1, 0.15) is 4.99 Å². The van der Waals surface area contributed by atoms with Gasteiger partial charge in [-0.25, -0.2) is 0 Å². The number of hydrogen-bond acceptors (Lipinski definition) is 5. The van der Waals surface area contributed by atoms with E-state index in [9.17, 15) is 9.59 Å². The Hall–Kier alpha value is -1.80. The van der Waals surface area contributed by atoms with E-state index in [-0.39, 0.29) is 18.1 Å². The van der Waals surface area contributed by atoms with Crippen LogP contribution in [0.1, 0.15) is 12.5 Å². The molecular weight excluding hydrogens is 308 g/mol. The predicted molar refractivity (Wildman–Crippen MR) is 89.3 cm³/mol. The van der Waals surface area contributed by atoms with Crippen LogP contribution in [-0.4, -0.2) is 35.6 Å². The molecule has 0 atom stereocenters. The van der Waals surface area contributed by atoms with Gasteiger partial charge in [-0.15, -0.1) is 11.8 Å². The minimum absolute atomic E-state index is 0.140. The summed E-state index contributed by atoms with van der Waals surface area (Å²) in [5.74, 6) is -0.303. The number of benzene rings is 1. The number of rotatable bonds is 8. The summed E-state index contributed by atoms with van der Waals surface area (Å²) in [5, 5.41) is 0. The molecule has 114 valence electrons. The molecule has 0 radical (unpaired) electrons. The SMILES string of the molecule is CCSc1cccc(N(CC(N)=O)CC(N)=O)c1C(N)=S. The average molecular weight is 326 g/mol. The van der Waals surface area contributed by atoms with Crippen molar-refractivity contribution in [2.24, 2.45) is 17.2 Å². The highest BCUT2D eigenvalue weighted by Gasteiger charge is 2.19. The monoisotopic (exact) mass is 326 g/mol. The van der Waals surface area contributed by atoms with Gasteiger partial charge in [-0.1, -0.05) is 25.2 Å². The minimum Gasteiger partial charge on any atom is -0.389 e. The first-order valence-corrected chi connectivity index (χ1v) is 7.63. The van der Waals surface area contributed by atoms with Gasteiger partial charge in [0.2, 0.25) is 11.8 Å². The number of amides is 2. The molecule has 21 heavy (non-hydrogen) atoms. The van der Waals surface area contributed by atoms with Crippen LogP contribution < -0.4 is 22.1 Å². The second kappa shape index (κ2) is 7.84. The molecule has 6 nitrogen and oxygen atoms in total. The first kappa shape index (κ1) is 17.3. The van der Waals surface area contributed by atoms with E-state index in [0.29, 0.717) is 11.3 Å². The van der Waals surface area contributed by atoms with E-state index in [1.54, 1.807) is 17.8 Å². The Balaban J connectivity index is 3.34. The highest BCUT2D eigenvalue weighted by molar-refractivity contribution is 7.99. The van der Waals surface area contributed by atoms with Crippen LogP contribution in [0.4, 0.5) is 5.69 Å². The Labute approximate surface area is 133 Å². The van der Waals surface area contributed by atoms with Crippen molar-refractivity contribution in [3.63, 3.8) is 0 Å². The molecule has 1 aromatic rings. The largest absolute Gasteiger partial charge is 0.389 e. The predicted octanol–water partition coefficient (Wildman–Crippen LogP) is 0.210. The second-order valence-electron chi connectivity index (χ2n) is 4.24. The van der Waals surface area contributed by atoms with Gasteiger partial charge in [-0.05, 0) is 17.9 Å². The molecule has 2 amide bonds. The number of nitrogens with two attached hydrogens (primary N) is 3. The molecule has 0 bridgehead atoms. The second-order valence-corrected chi connectivity index (χ2v) is 5.98. The molecule has 1 aromatic carbocycles. The zero-order valence-electron chi connectivity index (χ0n) is 11.7. The van der Waals surface area contributed by atoms with Crippen molar-refractivity contribution in [3.05, 3.63) is 23.8 Å². The molecule has 8 heteroatoms. The smallest absolute Gasteiger partial charge is 0.236 e. The van der Waals surface area contributed by atoms with Crippen LogP contribution in [-0.2, 0) is 9.59 Å². The lowest BCUT2D eigenvalue weighted by molar-refractivity contribution is -0.117. The lowest BCUT2D eigenvalue weighted by atomic mass is 10.1. The lowest BCUT2D eigenvalue weighted by Gasteiger charge is -2.25. The molecule has 0 unspecified atom stereocenters. The Morgan fingerprint density at radius 2 is 1.76 bits per heavy atom. The van der Waals surface area contributed by atoms with Crippen molar-refractivity contribution in [1.82, 2.24) is 0 Å². The van der Waals surface area contributed by atoms with Gasteiger partial charge in [-0.2, -0.15) is 0 Å². The van der Waals surface area contributed by atoms with Crippen molar-refractivity contribution >= 4 is 46.5 Å². The fraction of sp³-hybridized carbons (Fsp3) is 0.308. The van der Waals surface area contributed by atoms with Crippen LogP contribution in [0.5, 0.6) is 0 Å². The maximum Gasteiger partial charge on any atom is 0.236 e. The molecule has 6 N–H and O–H groups in total. The van der Waals surface area contributed by atoms with E-state index in [0.717, 1.165) is 10.6 Å². The third-order valence-corrected chi connectivity index (χ3v) is 3.73. The summed E-state index contributed by atoms with van der Waals surface area (Å²) >= 11 is 6.68. The topological polar surface area (TPSA) is 115 Å². The first-order chi connectivity index (χ1) is 9.86. The summed E-state index contributed by atoms with van der Waals surface area (Å²) in [5.41, 5.74) is 17.5. The van der Waals surface area contributed by atoms with Crippen molar-refractivity contribution in [1.29, 1.82) is 0 Å². The van der Waals surface area contributed by atoms with Crippen molar-refractivity contribution in [3.8, 4) is 0 Å². The highest BCUT2D eigenvalue weighted by Crippen LogP contribution is 2.30. The van der Waals surface area contributed by atoms with Gasteiger partial charge < -0.3 is 22.1 Å². The molecule has 0 heterocycles. The fourth-order valence-electron chi connectivity index (χ4n) is 1.91. The molecule has 0 aliphatic carbocycles. The standard InChI is InChI=1S/C13H18N4O2S2/c1-2-21-9-5-3-4-8(12(9)13(16)20)17(6-10(14)18)7-11(15)19/h3-5H,2,6-7H2,1H3,(H2,14,18)(H2,15,19)(H2,16,20). The number of carbonyl (C=O) groups excluding carboxylic acids is 2. The van der Waals surface area contributed by atoms with Crippen LogP contribution in [0.15, 0.2) is 23.1 Å².